The first kappa shape index (κ1) is 29.4. The number of benzene rings is 3. The minimum absolute atomic E-state index is 0.274. The van der Waals surface area contributed by atoms with Gasteiger partial charge in [0.25, 0.3) is 0 Å². The summed E-state index contributed by atoms with van der Waals surface area (Å²) >= 11 is 0. The van der Waals surface area contributed by atoms with Gasteiger partial charge in [0.05, 0.1) is 11.3 Å². The van der Waals surface area contributed by atoms with E-state index in [2.05, 4.69) is 78.9 Å². The zero-order chi connectivity index (χ0) is 28.0. The summed E-state index contributed by atoms with van der Waals surface area (Å²) < 4.78 is 39.0. The molecule has 0 bridgehead atoms. The Balaban J connectivity index is 0.000000595. The number of rotatable bonds is 7. The van der Waals surface area contributed by atoms with Crippen LogP contribution in [0.5, 0.6) is 0 Å². The average Bonchev–Trinajstić information content (AvgIpc) is 3.25. The lowest BCUT2D eigenvalue weighted by atomic mass is 9.89. The molecule has 0 radical (unpaired) electrons. The average molecular weight is 568 g/mol. The second-order valence-electron chi connectivity index (χ2n) is 12.0. The number of hydrogen-bond acceptors (Lipinski definition) is 0. The van der Waals surface area contributed by atoms with Gasteiger partial charge in [0.15, 0.2) is 0 Å². The van der Waals surface area contributed by atoms with E-state index in [1.807, 2.05) is 0 Å². The van der Waals surface area contributed by atoms with Crippen molar-refractivity contribution in [3.63, 3.8) is 0 Å². The molecule has 3 aromatic rings. The second-order valence-corrected chi connectivity index (χ2v) is 15.4. The van der Waals surface area contributed by atoms with E-state index in [-0.39, 0.29) is 5.16 Å². The normalized spacial score (nSPS) is 19.0. The van der Waals surface area contributed by atoms with Gasteiger partial charge in [0, 0.05) is 19.0 Å². The maximum Gasteiger partial charge on any atom is 0.673 e. The molecule has 0 saturated heterocycles. The Labute approximate surface area is 238 Å². The third-order valence-electron chi connectivity index (χ3n) is 9.51. The first-order valence-electron chi connectivity index (χ1n) is 15.4. The van der Waals surface area contributed by atoms with E-state index >= 15 is 0 Å². The zero-order valence-corrected chi connectivity index (χ0v) is 24.4. The third-order valence-corrected chi connectivity index (χ3v) is 14.2. The van der Waals surface area contributed by atoms with Crippen molar-refractivity contribution in [3.05, 3.63) is 95.6 Å². The standard InChI is InChI=1S/C34H41P.BF4/c1-4-15-27(16-5-1)17-14-26-34(32-24-12-10-22-30(32)31-23-11-13-25-33(31)34)35(28-18-6-2-7-19-28)29-20-8-3-9-21-29;2-1(3,4)5/h1,4-5,10-13,15-16,22-25,28-29H,2-3,6-9,14,17-21,26H2;/q;-1/p+1. The molecule has 0 heterocycles. The van der Waals surface area contributed by atoms with Gasteiger partial charge in [0.1, 0.15) is 5.16 Å². The molecule has 0 aliphatic heterocycles. The van der Waals surface area contributed by atoms with Gasteiger partial charge in [-0.05, 0) is 87.3 Å². The van der Waals surface area contributed by atoms with Gasteiger partial charge in [-0.3, -0.25) is 0 Å². The largest absolute Gasteiger partial charge is 0.673 e. The molecule has 6 rings (SSSR count). The highest BCUT2D eigenvalue weighted by molar-refractivity contribution is 7.60. The summed E-state index contributed by atoms with van der Waals surface area (Å²) in [7, 11) is -6.66. The lowest BCUT2D eigenvalue weighted by molar-refractivity contribution is 0.368. The van der Waals surface area contributed by atoms with Gasteiger partial charge in [0.2, 0.25) is 0 Å². The molecule has 6 heteroatoms. The molecule has 0 nitrogen and oxygen atoms in total. The van der Waals surface area contributed by atoms with Crippen LogP contribution in [0.25, 0.3) is 11.1 Å². The number of hydrogen-bond donors (Lipinski definition) is 0. The first-order chi connectivity index (χ1) is 19.4. The molecule has 0 unspecified atom stereocenters. The number of halogens is 4. The van der Waals surface area contributed by atoms with Gasteiger partial charge < -0.3 is 17.3 Å². The third kappa shape index (κ3) is 6.67. The van der Waals surface area contributed by atoms with Crippen LogP contribution in [-0.2, 0) is 11.6 Å². The van der Waals surface area contributed by atoms with Crippen molar-refractivity contribution in [1.82, 2.24) is 0 Å². The molecular formula is C34H42BF4P. The Kier molecular flexibility index (Phi) is 9.72. The van der Waals surface area contributed by atoms with Crippen LogP contribution in [0.3, 0.4) is 0 Å². The van der Waals surface area contributed by atoms with Crippen molar-refractivity contribution in [2.24, 2.45) is 0 Å². The van der Waals surface area contributed by atoms with Crippen molar-refractivity contribution >= 4 is 15.2 Å². The molecule has 2 fully saturated rings. The van der Waals surface area contributed by atoms with Crippen LogP contribution in [0.1, 0.15) is 93.7 Å². The maximum absolute atomic E-state index is 9.75. The summed E-state index contributed by atoms with van der Waals surface area (Å²) in [5.41, 5.74) is 9.99. The van der Waals surface area contributed by atoms with Crippen LogP contribution in [-0.4, -0.2) is 18.6 Å². The van der Waals surface area contributed by atoms with Crippen LogP contribution < -0.4 is 0 Å². The Morgan fingerprint density at radius 3 is 1.50 bits per heavy atom. The van der Waals surface area contributed by atoms with Crippen molar-refractivity contribution in [2.75, 3.05) is 0 Å². The van der Waals surface area contributed by atoms with Crippen LogP contribution in [0.2, 0.25) is 0 Å². The van der Waals surface area contributed by atoms with E-state index in [0.717, 1.165) is 11.3 Å². The smallest absolute Gasteiger partial charge is 0.418 e. The Morgan fingerprint density at radius 1 is 0.600 bits per heavy atom. The molecule has 214 valence electrons. The Morgan fingerprint density at radius 2 is 1.02 bits per heavy atom. The molecule has 2 saturated carbocycles. The Bertz CT molecular complexity index is 1150. The highest BCUT2D eigenvalue weighted by Gasteiger charge is 2.58. The molecular weight excluding hydrogens is 526 g/mol. The lowest BCUT2D eigenvalue weighted by Gasteiger charge is -2.44. The highest BCUT2D eigenvalue weighted by Crippen LogP contribution is 2.74. The lowest BCUT2D eigenvalue weighted by Crippen LogP contribution is -2.35. The predicted molar refractivity (Wildman–Crippen MR) is 164 cm³/mol. The fourth-order valence-corrected chi connectivity index (χ4v) is 13.8. The molecule has 3 aromatic carbocycles. The van der Waals surface area contributed by atoms with E-state index in [1.165, 1.54) is 89.0 Å². The summed E-state index contributed by atoms with van der Waals surface area (Å²) in [6.07, 6.45) is 18.6. The molecule has 40 heavy (non-hydrogen) atoms. The topological polar surface area (TPSA) is 0 Å². The fourth-order valence-electron chi connectivity index (χ4n) is 8.11. The molecule has 0 N–H and O–H groups in total. The van der Waals surface area contributed by atoms with Crippen molar-refractivity contribution < 1.29 is 17.3 Å². The van der Waals surface area contributed by atoms with Gasteiger partial charge in [-0.15, -0.1) is 0 Å². The van der Waals surface area contributed by atoms with Crippen LogP contribution in [0.4, 0.5) is 17.3 Å². The summed E-state index contributed by atoms with van der Waals surface area (Å²) in [6.45, 7) is 0. The van der Waals surface area contributed by atoms with E-state index in [4.69, 9.17) is 0 Å². The van der Waals surface area contributed by atoms with Crippen LogP contribution >= 0.6 is 7.92 Å². The number of fused-ring (bicyclic) bond motifs is 3. The van der Waals surface area contributed by atoms with E-state index in [9.17, 15) is 17.3 Å². The molecule has 3 aliphatic rings. The highest BCUT2D eigenvalue weighted by atomic mass is 31.1. The molecule has 0 spiro atoms. The van der Waals surface area contributed by atoms with Gasteiger partial charge in [-0.25, -0.2) is 0 Å². The van der Waals surface area contributed by atoms with Crippen molar-refractivity contribution in [1.29, 1.82) is 0 Å². The van der Waals surface area contributed by atoms with Crippen LogP contribution in [0, 0.1) is 0 Å². The molecule has 0 aromatic heterocycles. The van der Waals surface area contributed by atoms with E-state index in [0.29, 0.717) is 0 Å². The zero-order valence-electron chi connectivity index (χ0n) is 23.4. The predicted octanol–water partition coefficient (Wildman–Crippen LogP) is 11.1. The van der Waals surface area contributed by atoms with Gasteiger partial charge in [-0.2, -0.15) is 0 Å². The first-order valence-corrected chi connectivity index (χ1v) is 17.0. The van der Waals surface area contributed by atoms with E-state index in [1.54, 1.807) is 22.3 Å². The van der Waals surface area contributed by atoms with Crippen LogP contribution in [0.15, 0.2) is 78.9 Å². The summed E-state index contributed by atoms with van der Waals surface area (Å²) in [5.74, 6) is 0. The molecule has 3 aliphatic carbocycles. The fraction of sp³-hybridized carbons (Fsp3) is 0.471. The monoisotopic (exact) mass is 568 g/mol. The van der Waals surface area contributed by atoms with Crippen molar-refractivity contribution in [3.8, 4) is 11.1 Å². The quantitative estimate of drug-likeness (QED) is 0.151. The molecule has 0 atom stereocenters. The minimum Gasteiger partial charge on any atom is -0.418 e. The summed E-state index contributed by atoms with van der Waals surface area (Å²) in [6, 6.07) is 30.5. The minimum atomic E-state index is -6.00. The van der Waals surface area contributed by atoms with Gasteiger partial charge >= 0.3 is 7.25 Å². The molecule has 0 amide bonds. The summed E-state index contributed by atoms with van der Waals surface area (Å²) in [5, 5.41) is 0.274. The van der Waals surface area contributed by atoms with Gasteiger partial charge in [-0.1, -0.05) is 91.7 Å². The Hall–Kier alpha value is -2.13. The second kappa shape index (κ2) is 13.2. The summed E-state index contributed by atoms with van der Waals surface area (Å²) in [4.78, 5) is 0. The SMILES string of the molecule is F[B-](F)(F)F.c1ccc(CCCC2([PH+](C3CCCCC3)C3CCCCC3)c3ccccc3-c3ccccc32)cc1. The van der Waals surface area contributed by atoms with Crippen molar-refractivity contribution in [2.45, 2.75) is 99.9 Å². The maximum atomic E-state index is 9.75. The van der Waals surface area contributed by atoms with E-state index < -0.39 is 15.2 Å². The number of aryl methyl sites for hydroxylation is 1.